The molecule has 3 aromatic carbocycles. The van der Waals surface area contributed by atoms with Gasteiger partial charge in [-0.2, -0.15) is 0 Å². The van der Waals surface area contributed by atoms with Crippen LogP contribution in [0.5, 0.6) is 5.75 Å². The molecule has 3 fully saturated rings. The molecule has 8 rings (SSSR count). The number of nitrogens with zero attached hydrogens (tertiary/aromatic N) is 2. The number of hydrogen-bond donors (Lipinski definition) is 0. The summed E-state index contributed by atoms with van der Waals surface area (Å²) in [5, 5.41) is 2.09. The SMILES string of the molecule is CC1(C)O[C@H]2O[C@H]3[C@H](OC[C@H]4[C@@H]3c3c(c5ccccc5c5nc6ccccc6nc35)OC4(C)C)[C@H]2O1. The molecule has 4 aliphatic rings. The van der Waals surface area contributed by atoms with E-state index in [1.54, 1.807) is 0 Å². The van der Waals surface area contributed by atoms with Gasteiger partial charge in [-0.05, 0) is 39.8 Å². The first-order valence-electron chi connectivity index (χ1n) is 12.7. The fourth-order valence-electron chi connectivity index (χ4n) is 6.80. The summed E-state index contributed by atoms with van der Waals surface area (Å²) in [7, 11) is 0. The first kappa shape index (κ1) is 21.3. The molecule has 36 heavy (non-hydrogen) atoms. The Labute approximate surface area is 208 Å². The molecule has 0 N–H and O–H groups in total. The normalized spacial score (nSPS) is 33.7. The second-order valence-electron chi connectivity index (χ2n) is 11.4. The van der Waals surface area contributed by atoms with Crippen LogP contribution in [-0.4, -0.2) is 52.6 Å². The van der Waals surface area contributed by atoms with E-state index in [1.807, 2.05) is 44.2 Å². The van der Waals surface area contributed by atoms with Gasteiger partial charge in [-0.1, -0.05) is 36.4 Å². The van der Waals surface area contributed by atoms with Crippen molar-refractivity contribution in [2.45, 2.75) is 69.6 Å². The molecule has 4 aliphatic heterocycles. The van der Waals surface area contributed by atoms with E-state index in [2.05, 4.69) is 32.0 Å². The van der Waals surface area contributed by atoms with Crippen molar-refractivity contribution >= 4 is 32.8 Å². The lowest BCUT2D eigenvalue weighted by Gasteiger charge is -2.51. The predicted molar refractivity (Wildman–Crippen MR) is 134 cm³/mol. The van der Waals surface area contributed by atoms with Gasteiger partial charge in [0.2, 0.25) is 0 Å². The molecule has 4 aromatic rings. The van der Waals surface area contributed by atoms with Crippen molar-refractivity contribution in [3.8, 4) is 5.75 Å². The van der Waals surface area contributed by atoms with Crippen LogP contribution in [0, 0.1) is 5.92 Å². The molecule has 0 amide bonds. The molecular weight excluding hydrogens is 456 g/mol. The van der Waals surface area contributed by atoms with Crippen LogP contribution in [0.15, 0.2) is 48.5 Å². The maximum atomic E-state index is 6.83. The van der Waals surface area contributed by atoms with E-state index in [-0.39, 0.29) is 30.1 Å². The topological polar surface area (TPSA) is 71.9 Å². The Morgan fingerprint density at radius 1 is 0.778 bits per heavy atom. The van der Waals surface area contributed by atoms with E-state index in [4.69, 9.17) is 33.7 Å². The number of benzene rings is 3. The van der Waals surface area contributed by atoms with Crippen LogP contribution in [-0.2, 0) is 18.9 Å². The van der Waals surface area contributed by atoms with Crippen molar-refractivity contribution in [1.29, 1.82) is 0 Å². The molecule has 6 atom stereocenters. The maximum absolute atomic E-state index is 6.83. The van der Waals surface area contributed by atoms with Crippen LogP contribution < -0.4 is 4.74 Å². The van der Waals surface area contributed by atoms with Crippen LogP contribution in [0.4, 0.5) is 0 Å². The van der Waals surface area contributed by atoms with E-state index < -0.39 is 17.7 Å². The van der Waals surface area contributed by atoms with Crippen LogP contribution >= 0.6 is 0 Å². The number of aromatic nitrogens is 2. The summed E-state index contributed by atoms with van der Waals surface area (Å²) in [5.74, 6) is 0.236. The fourth-order valence-corrected chi connectivity index (χ4v) is 6.80. The van der Waals surface area contributed by atoms with Gasteiger partial charge in [0.15, 0.2) is 12.1 Å². The highest BCUT2D eigenvalue weighted by atomic mass is 16.8. The molecule has 0 radical (unpaired) electrons. The van der Waals surface area contributed by atoms with Gasteiger partial charge in [-0.25, -0.2) is 9.97 Å². The Morgan fingerprint density at radius 2 is 1.47 bits per heavy atom. The van der Waals surface area contributed by atoms with E-state index in [9.17, 15) is 0 Å². The second kappa shape index (κ2) is 6.92. The van der Waals surface area contributed by atoms with Crippen molar-refractivity contribution in [3.63, 3.8) is 0 Å². The molecule has 1 aromatic heterocycles. The molecule has 0 saturated carbocycles. The van der Waals surface area contributed by atoms with Crippen LogP contribution in [0.1, 0.15) is 39.2 Å². The van der Waals surface area contributed by atoms with Gasteiger partial charge >= 0.3 is 0 Å². The summed E-state index contributed by atoms with van der Waals surface area (Å²) in [5.41, 5.74) is 4.10. The van der Waals surface area contributed by atoms with Crippen molar-refractivity contribution < 1.29 is 23.7 Å². The lowest BCUT2D eigenvalue weighted by molar-refractivity contribution is -0.240. The lowest BCUT2D eigenvalue weighted by atomic mass is 9.68. The molecule has 0 unspecified atom stereocenters. The molecule has 0 bridgehead atoms. The Kier molecular flexibility index (Phi) is 4.09. The maximum Gasteiger partial charge on any atom is 0.190 e. The highest BCUT2D eigenvalue weighted by molar-refractivity contribution is 6.11. The Balaban J connectivity index is 1.42. The summed E-state index contributed by atoms with van der Waals surface area (Å²) < 4.78 is 32.3. The van der Waals surface area contributed by atoms with Crippen LogP contribution in [0.3, 0.4) is 0 Å². The smallest absolute Gasteiger partial charge is 0.190 e. The lowest BCUT2D eigenvalue weighted by Crippen LogP contribution is -2.57. The Hall–Kier alpha value is -2.84. The Bertz CT molecular complexity index is 1570. The second-order valence-corrected chi connectivity index (χ2v) is 11.4. The fraction of sp³-hybridized carbons (Fsp3) is 0.448. The van der Waals surface area contributed by atoms with Gasteiger partial charge in [0.05, 0.1) is 34.8 Å². The van der Waals surface area contributed by atoms with E-state index in [0.29, 0.717) is 6.61 Å². The largest absolute Gasteiger partial charge is 0.486 e. The number of hydrogen-bond acceptors (Lipinski definition) is 7. The molecular formula is C29H28N2O5. The number of fused-ring (bicyclic) bond motifs is 13. The number of para-hydroxylation sites is 2. The monoisotopic (exact) mass is 484 g/mol. The van der Waals surface area contributed by atoms with Crippen molar-refractivity contribution in [1.82, 2.24) is 9.97 Å². The molecule has 5 heterocycles. The minimum absolute atomic E-state index is 0.00835. The van der Waals surface area contributed by atoms with Crippen molar-refractivity contribution in [2.75, 3.05) is 6.61 Å². The van der Waals surface area contributed by atoms with Gasteiger partial charge in [0.1, 0.15) is 23.6 Å². The van der Waals surface area contributed by atoms with Crippen LogP contribution in [0.2, 0.25) is 0 Å². The molecule has 184 valence electrons. The van der Waals surface area contributed by atoms with E-state index >= 15 is 0 Å². The van der Waals surface area contributed by atoms with Crippen molar-refractivity contribution in [2.24, 2.45) is 5.92 Å². The highest BCUT2D eigenvalue weighted by Gasteiger charge is 2.63. The summed E-state index contributed by atoms with van der Waals surface area (Å²) >= 11 is 0. The average molecular weight is 485 g/mol. The standard InChI is InChI=1S/C29H28N2O5/c1-28(2)16-13-32-25-24(33-27-26(25)35-29(3,4)36-27)19(16)20-22-21(30-17-11-7-8-12-18(17)31-22)14-9-5-6-10-15(14)23(20)34-28/h5-12,16,19,24-27H,13H2,1-4H3/t16-,19+,24+,25-,26+,27+/m0/s1. The van der Waals surface area contributed by atoms with Gasteiger partial charge in [-0.15, -0.1) is 0 Å². The average Bonchev–Trinajstić information content (AvgIpc) is 3.34. The molecule has 7 heteroatoms. The first-order valence-corrected chi connectivity index (χ1v) is 12.7. The summed E-state index contributed by atoms with van der Waals surface area (Å²) in [6, 6.07) is 16.4. The quantitative estimate of drug-likeness (QED) is 0.255. The summed E-state index contributed by atoms with van der Waals surface area (Å²) in [6.45, 7) is 8.68. The third-order valence-corrected chi connectivity index (χ3v) is 8.37. The van der Waals surface area contributed by atoms with Gasteiger partial charge in [0, 0.05) is 28.2 Å². The predicted octanol–water partition coefficient (Wildman–Crippen LogP) is 5.08. The minimum Gasteiger partial charge on any atom is -0.486 e. The zero-order chi connectivity index (χ0) is 24.4. The molecule has 7 nitrogen and oxygen atoms in total. The molecule has 0 aliphatic carbocycles. The number of ether oxygens (including phenoxy) is 5. The third-order valence-electron chi connectivity index (χ3n) is 8.37. The third kappa shape index (κ3) is 2.77. The minimum atomic E-state index is -0.694. The highest BCUT2D eigenvalue weighted by Crippen LogP contribution is 2.57. The number of rotatable bonds is 0. The summed E-state index contributed by atoms with van der Waals surface area (Å²) in [6.07, 6.45) is -1.19. The van der Waals surface area contributed by atoms with Gasteiger partial charge < -0.3 is 23.7 Å². The first-order chi connectivity index (χ1) is 17.3. The zero-order valence-corrected chi connectivity index (χ0v) is 20.7. The van der Waals surface area contributed by atoms with Crippen molar-refractivity contribution in [3.05, 3.63) is 54.1 Å². The molecule has 0 spiro atoms. The van der Waals surface area contributed by atoms with Gasteiger partial charge in [-0.3, -0.25) is 0 Å². The Morgan fingerprint density at radius 3 is 2.25 bits per heavy atom. The summed E-state index contributed by atoms with van der Waals surface area (Å²) in [4.78, 5) is 10.3. The van der Waals surface area contributed by atoms with Crippen LogP contribution in [0.25, 0.3) is 32.8 Å². The van der Waals surface area contributed by atoms with Gasteiger partial charge in [0.25, 0.3) is 0 Å². The van der Waals surface area contributed by atoms with E-state index in [1.165, 1.54) is 0 Å². The molecule has 3 saturated heterocycles. The van der Waals surface area contributed by atoms with E-state index in [0.717, 1.165) is 44.2 Å². The zero-order valence-electron chi connectivity index (χ0n) is 20.7.